The van der Waals surface area contributed by atoms with E-state index in [1.165, 1.54) is 0 Å². The fraction of sp³-hybridized carbons (Fsp3) is 0.158. The number of pyridine rings is 1. The Hall–Kier alpha value is -3.32. The summed E-state index contributed by atoms with van der Waals surface area (Å²) in [6.07, 6.45) is 1.74. The molecule has 0 saturated heterocycles. The molecule has 1 atom stereocenters. The molecule has 7 heteroatoms. The molecule has 2 aromatic heterocycles. The molecule has 134 valence electrons. The van der Waals surface area contributed by atoms with Crippen molar-refractivity contribution in [3.8, 4) is 11.5 Å². The molecule has 0 aliphatic rings. The van der Waals surface area contributed by atoms with E-state index in [2.05, 4.69) is 10.3 Å². The maximum absolute atomic E-state index is 12.0. The maximum atomic E-state index is 12.0. The zero-order valence-electron chi connectivity index (χ0n) is 14.1. The zero-order valence-corrected chi connectivity index (χ0v) is 14.1. The van der Waals surface area contributed by atoms with E-state index in [1.54, 1.807) is 37.6 Å². The van der Waals surface area contributed by atoms with Crippen LogP contribution >= 0.6 is 0 Å². The SMILES string of the molecule is COc1cccc([C@H](Nc2cccc[nH+]2)c2oc(CO)cc(=O)c2O)c1. The quantitative estimate of drug-likeness (QED) is 0.623. The summed E-state index contributed by atoms with van der Waals surface area (Å²) in [7, 11) is 1.55. The minimum Gasteiger partial charge on any atom is -0.502 e. The lowest BCUT2D eigenvalue weighted by Crippen LogP contribution is -2.20. The summed E-state index contributed by atoms with van der Waals surface area (Å²) in [5, 5.41) is 22.8. The van der Waals surface area contributed by atoms with Crippen molar-refractivity contribution in [3.05, 3.63) is 82.0 Å². The highest BCUT2D eigenvalue weighted by Gasteiger charge is 2.28. The third-order valence-electron chi connectivity index (χ3n) is 3.85. The number of nitrogens with one attached hydrogen (secondary N) is 2. The number of anilines is 1. The molecule has 3 aromatic rings. The number of aromatic hydroxyl groups is 1. The van der Waals surface area contributed by atoms with E-state index < -0.39 is 23.8 Å². The number of aliphatic hydroxyl groups excluding tert-OH is 1. The molecule has 0 bridgehead atoms. The van der Waals surface area contributed by atoms with Gasteiger partial charge in [0, 0.05) is 17.7 Å². The Morgan fingerprint density at radius 3 is 2.77 bits per heavy atom. The number of hydrogen-bond donors (Lipinski definition) is 3. The molecule has 2 heterocycles. The van der Waals surface area contributed by atoms with Crippen molar-refractivity contribution in [2.75, 3.05) is 12.4 Å². The predicted octanol–water partition coefficient (Wildman–Crippen LogP) is 1.86. The molecular weight excluding hydrogens is 336 g/mol. The molecule has 7 nitrogen and oxygen atoms in total. The average molecular weight is 355 g/mol. The molecule has 26 heavy (non-hydrogen) atoms. The summed E-state index contributed by atoms with van der Waals surface area (Å²) < 4.78 is 10.8. The summed E-state index contributed by atoms with van der Waals surface area (Å²) in [5.74, 6) is 0.823. The van der Waals surface area contributed by atoms with Crippen molar-refractivity contribution in [2.45, 2.75) is 12.6 Å². The molecule has 0 aliphatic carbocycles. The van der Waals surface area contributed by atoms with Crippen LogP contribution in [0.15, 0.2) is 63.9 Å². The van der Waals surface area contributed by atoms with Crippen molar-refractivity contribution >= 4 is 5.82 Å². The topological polar surface area (TPSA) is 106 Å². The lowest BCUT2D eigenvalue weighted by Gasteiger charge is -2.16. The van der Waals surface area contributed by atoms with E-state index in [9.17, 15) is 15.0 Å². The van der Waals surface area contributed by atoms with Gasteiger partial charge in [-0.3, -0.25) is 10.1 Å². The van der Waals surface area contributed by atoms with Gasteiger partial charge in [0.1, 0.15) is 18.1 Å². The fourth-order valence-corrected chi connectivity index (χ4v) is 2.59. The molecule has 0 spiro atoms. The first-order valence-electron chi connectivity index (χ1n) is 7.96. The zero-order chi connectivity index (χ0) is 18.5. The first kappa shape index (κ1) is 17.5. The van der Waals surface area contributed by atoms with Gasteiger partial charge in [-0.25, -0.2) is 4.98 Å². The lowest BCUT2D eigenvalue weighted by atomic mass is 10.0. The number of rotatable bonds is 6. The summed E-state index contributed by atoms with van der Waals surface area (Å²) in [6, 6.07) is 13.0. The van der Waals surface area contributed by atoms with Crippen molar-refractivity contribution < 1.29 is 24.4 Å². The Morgan fingerprint density at radius 2 is 2.08 bits per heavy atom. The Kier molecular flexibility index (Phi) is 5.19. The number of aliphatic hydroxyl groups is 1. The summed E-state index contributed by atoms with van der Waals surface area (Å²) >= 11 is 0. The van der Waals surface area contributed by atoms with Crippen LogP contribution in [-0.2, 0) is 6.61 Å². The summed E-state index contributed by atoms with van der Waals surface area (Å²) in [5.41, 5.74) is 0.0807. The highest BCUT2D eigenvalue weighted by molar-refractivity contribution is 5.44. The first-order chi connectivity index (χ1) is 12.6. The number of methoxy groups -OCH3 is 1. The Morgan fingerprint density at radius 1 is 1.23 bits per heavy atom. The van der Waals surface area contributed by atoms with Crippen molar-refractivity contribution in [1.29, 1.82) is 0 Å². The van der Waals surface area contributed by atoms with E-state index in [-0.39, 0.29) is 11.5 Å². The normalized spacial score (nSPS) is 11.8. The van der Waals surface area contributed by atoms with Gasteiger partial charge < -0.3 is 19.4 Å². The van der Waals surface area contributed by atoms with Crippen LogP contribution in [0.25, 0.3) is 0 Å². The lowest BCUT2D eigenvalue weighted by molar-refractivity contribution is -0.361. The van der Waals surface area contributed by atoms with E-state index in [1.807, 2.05) is 18.2 Å². The number of ether oxygens (including phenoxy) is 1. The van der Waals surface area contributed by atoms with Gasteiger partial charge in [-0.05, 0) is 18.2 Å². The molecule has 3 rings (SSSR count). The summed E-state index contributed by atoms with van der Waals surface area (Å²) in [6.45, 7) is -0.454. The first-order valence-corrected chi connectivity index (χ1v) is 7.96. The maximum Gasteiger partial charge on any atom is 0.273 e. The number of aromatic nitrogens is 1. The molecule has 4 N–H and O–H groups in total. The van der Waals surface area contributed by atoms with Crippen molar-refractivity contribution in [3.63, 3.8) is 0 Å². The predicted molar refractivity (Wildman–Crippen MR) is 94.0 cm³/mol. The molecular formula is C19H19N2O5+. The largest absolute Gasteiger partial charge is 0.502 e. The number of hydrogen-bond acceptors (Lipinski definition) is 6. The fourth-order valence-electron chi connectivity index (χ4n) is 2.59. The molecule has 0 fully saturated rings. The molecule has 1 aromatic carbocycles. The highest BCUT2D eigenvalue weighted by atomic mass is 16.5. The second kappa shape index (κ2) is 7.71. The average Bonchev–Trinajstić information content (AvgIpc) is 2.69. The third-order valence-corrected chi connectivity index (χ3v) is 3.85. The minimum atomic E-state index is -0.692. The summed E-state index contributed by atoms with van der Waals surface area (Å²) in [4.78, 5) is 15.1. The van der Waals surface area contributed by atoms with Gasteiger partial charge in [0.05, 0.1) is 13.3 Å². The van der Waals surface area contributed by atoms with Gasteiger partial charge in [0.2, 0.25) is 11.2 Å². The monoisotopic (exact) mass is 355 g/mol. The number of aromatic amines is 1. The van der Waals surface area contributed by atoms with E-state index in [0.717, 1.165) is 6.07 Å². The van der Waals surface area contributed by atoms with Gasteiger partial charge in [-0.15, -0.1) is 0 Å². The van der Waals surface area contributed by atoms with Crippen LogP contribution in [0, 0.1) is 0 Å². The van der Waals surface area contributed by atoms with Crippen molar-refractivity contribution in [2.24, 2.45) is 0 Å². The Balaban J connectivity index is 2.14. The van der Waals surface area contributed by atoms with Crippen LogP contribution in [0.5, 0.6) is 11.5 Å². The second-order valence-corrected chi connectivity index (χ2v) is 5.58. The molecule has 0 unspecified atom stereocenters. The van der Waals surface area contributed by atoms with Crippen LogP contribution in [-0.4, -0.2) is 17.3 Å². The number of benzene rings is 1. The van der Waals surface area contributed by atoms with Gasteiger partial charge in [0.25, 0.3) is 5.82 Å². The molecule has 0 aliphatic heterocycles. The molecule has 0 amide bonds. The second-order valence-electron chi connectivity index (χ2n) is 5.58. The van der Waals surface area contributed by atoms with E-state index in [4.69, 9.17) is 9.15 Å². The molecule has 0 saturated carbocycles. The van der Waals surface area contributed by atoms with Crippen LogP contribution in [0.1, 0.15) is 23.1 Å². The third kappa shape index (κ3) is 3.68. The van der Waals surface area contributed by atoms with Crippen LogP contribution in [0.2, 0.25) is 0 Å². The van der Waals surface area contributed by atoms with E-state index >= 15 is 0 Å². The van der Waals surface area contributed by atoms with Crippen LogP contribution < -0.4 is 20.5 Å². The van der Waals surface area contributed by atoms with Crippen molar-refractivity contribution in [1.82, 2.24) is 0 Å². The number of H-pyrrole nitrogens is 1. The Labute approximate surface area is 149 Å². The highest BCUT2D eigenvalue weighted by Crippen LogP contribution is 2.32. The van der Waals surface area contributed by atoms with Gasteiger partial charge in [-0.1, -0.05) is 18.2 Å². The van der Waals surface area contributed by atoms with Gasteiger partial charge in [0.15, 0.2) is 11.8 Å². The van der Waals surface area contributed by atoms with Crippen LogP contribution in [0.3, 0.4) is 0 Å². The molecule has 0 radical (unpaired) electrons. The van der Waals surface area contributed by atoms with E-state index in [0.29, 0.717) is 17.1 Å². The smallest absolute Gasteiger partial charge is 0.273 e. The standard InChI is InChI=1S/C19H18N2O5/c1-25-13-6-4-5-12(9-13)17(21-16-7-2-3-8-20-16)19-18(24)15(23)10-14(11-22)26-19/h2-10,17,22,24H,11H2,1H3,(H,20,21)/p+1/t17-/m0/s1. The van der Waals surface area contributed by atoms with Gasteiger partial charge >= 0.3 is 0 Å². The Bertz CT molecular complexity index is 940. The minimum absolute atomic E-state index is 0.00653. The van der Waals surface area contributed by atoms with Gasteiger partial charge in [-0.2, -0.15) is 0 Å². The van der Waals surface area contributed by atoms with Crippen LogP contribution in [0.4, 0.5) is 5.82 Å².